The fourth-order valence-corrected chi connectivity index (χ4v) is 3.18. The second-order valence-electron chi connectivity index (χ2n) is 6.95. The fourth-order valence-electron chi connectivity index (χ4n) is 3.18. The maximum absolute atomic E-state index is 14.3. The SMILES string of the molecule is N#Cc1cccc(COc2ccc(NC(=O)C(=O)N3CCC(NC(N)=O)C3)cc2F)c1. The summed E-state index contributed by atoms with van der Waals surface area (Å²) in [5.41, 5.74) is 6.33. The Morgan fingerprint density at radius 3 is 2.77 bits per heavy atom. The van der Waals surface area contributed by atoms with Crippen LogP contribution >= 0.6 is 0 Å². The first-order valence-electron chi connectivity index (χ1n) is 9.43. The Morgan fingerprint density at radius 1 is 1.26 bits per heavy atom. The number of carbonyl (C=O) groups is 3. The summed E-state index contributed by atoms with van der Waals surface area (Å²) >= 11 is 0. The van der Waals surface area contributed by atoms with E-state index in [1.165, 1.54) is 17.0 Å². The minimum absolute atomic E-state index is 0.0356. The molecule has 1 saturated heterocycles. The molecule has 1 atom stereocenters. The van der Waals surface area contributed by atoms with Gasteiger partial charge in [0, 0.05) is 30.9 Å². The van der Waals surface area contributed by atoms with Crippen molar-refractivity contribution in [2.24, 2.45) is 5.73 Å². The van der Waals surface area contributed by atoms with Crippen molar-refractivity contribution in [1.29, 1.82) is 5.26 Å². The van der Waals surface area contributed by atoms with Crippen molar-refractivity contribution in [3.05, 3.63) is 59.4 Å². The predicted octanol–water partition coefficient (Wildman–Crippen LogP) is 1.48. The van der Waals surface area contributed by atoms with Gasteiger partial charge in [0.2, 0.25) is 0 Å². The van der Waals surface area contributed by atoms with E-state index in [-0.39, 0.29) is 30.6 Å². The highest BCUT2D eigenvalue weighted by Crippen LogP contribution is 2.22. The third kappa shape index (κ3) is 5.70. The number of halogens is 1. The summed E-state index contributed by atoms with van der Waals surface area (Å²) in [7, 11) is 0. The van der Waals surface area contributed by atoms with E-state index < -0.39 is 23.7 Å². The van der Waals surface area contributed by atoms with E-state index in [9.17, 15) is 18.8 Å². The molecule has 2 aromatic carbocycles. The first-order chi connectivity index (χ1) is 14.9. The van der Waals surface area contributed by atoms with Crippen LogP contribution in [0, 0.1) is 17.1 Å². The summed E-state index contributed by atoms with van der Waals surface area (Å²) in [5.74, 6) is -2.45. The monoisotopic (exact) mass is 425 g/mol. The zero-order valence-corrected chi connectivity index (χ0v) is 16.4. The number of urea groups is 1. The van der Waals surface area contributed by atoms with Gasteiger partial charge in [-0.05, 0) is 36.2 Å². The van der Waals surface area contributed by atoms with Crippen molar-refractivity contribution in [2.75, 3.05) is 18.4 Å². The molecule has 0 radical (unpaired) electrons. The van der Waals surface area contributed by atoms with Gasteiger partial charge >= 0.3 is 17.8 Å². The molecular formula is C21H20FN5O4. The van der Waals surface area contributed by atoms with Gasteiger partial charge in [-0.3, -0.25) is 9.59 Å². The van der Waals surface area contributed by atoms with E-state index in [2.05, 4.69) is 10.6 Å². The van der Waals surface area contributed by atoms with Crippen LogP contribution in [0.5, 0.6) is 5.75 Å². The molecule has 31 heavy (non-hydrogen) atoms. The lowest BCUT2D eigenvalue weighted by Crippen LogP contribution is -2.43. The Labute approximate surface area is 177 Å². The Kier molecular flexibility index (Phi) is 6.67. The number of primary amides is 1. The zero-order chi connectivity index (χ0) is 22.4. The van der Waals surface area contributed by atoms with Crippen molar-refractivity contribution >= 4 is 23.5 Å². The maximum Gasteiger partial charge on any atom is 0.313 e. The first-order valence-corrected chi connectivity index (χ1v) is 9.43. The molecule has 3 rings (SSSR count). The van der Waals surface area contributed by atoms with Gasteiger partial charge in [0.15, 0.2) is 11.6 Å². The summed E-state index contributed by atoms with van der Waals surface area (Å²) in [6.07, 6.45) is 0.486. The van der Waals surface area contributed by atoms with E-state index in [1.807, 2.05) is 6.07 Å². The second kappa shape index (κ2) is 9.58. The minimum atomic E-state index is -0.916. The number of hydrogen-bond donors (Lipinski definition) is 3. The Balaban J connectivity index is 1.56. The van der Waals surface area contributed by atoms with Gasteiger partial charge in [-0.15, -0.1) is 0 Å². The van der Waals surface area contributed by atoms with Crippen molar-refractivity contribution in [2.45, 2.75) is 19.1 Å². The summed E-state index contributed by atoms with van der Waals surface area (Å²) in [5, 5.41) is 13.8. The molecule has 0 spiro atoms. The number of likely N-dealkylation sites (tertiary alicyclic amines) is 1. The van der Waals surface area contributed by atoms with Crippen LogP contribution in [0.1, 0.15) is 17.5 Å². The molecule has 4 N–H and O–H groups in total. The minimum Gasteiger partial charge on any atom is -0.486 e. The molecule has 4 amide bonds. The molecule has 2 aromatic rings. The molecule has 10 heteroatoms. The highest BCUT2D eigenvalue weighted by molar-refractivity contribution is 6.39. The summed E-state index contributed by atoms with van der Waals surface area (Å²) in [4.78, 5) is 36.7. The molecule has 1 unspecified atom stereocenters. The lowest BCUT2D eigenvalue weighted by atomic mass is 10.1. The third-order valence-corrected chi connectivity index (χ3v) is 4.66. The van der Waals surface area contributed by atoms with Crippen LogP contribution in [0.15, 0.2) is 42.5 Å². The van der Waals surface area contributed by atoms with Gasteiger partial charge in [0.05, 0.1) is 11.6 Å². The summed E-state index contributed by atoms with van der Waals surface area (Å²) in [6, 6.07) is 11.6. The van der Waals surface area contributed by atoms with Crippen molar-refractivity contribution < 1.29 is 23.5 Å². The molecule has 1 aliphatic heterocycles. The molecule has 1 heterocycles. The van der Waals surface area contributed by atoms with Gasteiger partial charge < -0.3 is 26.0 Å². The molecular weight excluding hydrogens is 405 g/mol. The van der Waals surface area contributed by atoms with E-state index in [0.717, 1.165) is 6.07 Å². The molecule has 9 nitrogen and oxygen atoms in total. The number of amides is 4. The van der Waals surface area contributed by atoms with Crippen LogP contribution in [0.2, 0.25) is 0 Å². The van der Waals surface area contributed by atoms with Crippen molar-refractivity contribution in [3.63, 3.8) is 0 Å². The molecule has 1 fully saturated rings. The number of rotatable bonds is 5. The van der Waals surface area contributed by atoms with Crippen molar-refractivity contribution in [3.8, 4) is 11.8 Å². The lowest BCUT2D eigenvalue weighted by Gasteiger charge is -2.16. The second-order valence-corrected chi connectivity index (χ2v) is 6.95. The van der Waals surface area contributed by atoms with Crippen molar-refractivity contribution in [1.82, 2.24) is 10.2 Å². The van der Waals surface area contributed by atoms with E-state index in [1.54, 1.807) is 24.3 Å². The number of benzene rings is 2. The average molecular weight is 425 g/mol. The fraction of sp³-hybridized carbons (Fsp3) is 0.238. The molecule has 160 valence electrons. The Morgan fingerprint density at radius 2 is 2.06 bits per heavy atom. The van der Waals surface area contributed by atoms with Crippen LogP contribution < -0.4 is 21.1 Å². The van der Waals surface area contributed by atoms with E-state index in [4.69, 9.17) is 15.7 Å². The quantitative estimate of drug-likeness (QED) is 0.623. The Bertz CT molecular complexity index is 1050. The van der Waals surface area contributed by atoms with E-state index in [0.29, 0.717) is 24.1 Å². The molecule has 0 bridgehead atoms. The van der Waals surface area contributed by atoms with E-state index >= 15 is 0 Å². The summed E-state index contributed by atoms with van der Waals surface area (Å²) < 4.78 is 19.8. The summed E-state index contributed by atoms with van der Waals surface area (Å²) in [6.45, 7) is 0.529. The highest BCUT2D eigenvalue weighted by Gasteiger charge is 2.30. The number of carbonyl (C=O) groups excluding carboxylic acids is 3. The number of nitrogens with zero attached hydrogens (tertiary/aromatic N) is 2. The number of ether oxygens (including phenoxy) is 1. The van der Waals surface area contributed by atoms with Crippen LogP contribution in [0.25, 0.3) is 0 Å². The van der Waals surface area contributed by atoms with Gasteiger partial charge in [-0.25, -0.2) is 9.18 Å². The van der Waals surface area contributed by atoms with Gasteiger partial charge in [0.25, 0.3) is 0 Å². The van der Waals surface area contributed by atoms with Gasteiger partial charge in [-0.2, -0.15) is 5.26 Å². The van der Waals surface area contributed by atoms with Crippen LogP contribution in [-0.4, -0.2) is 41.9 Å². The number of nitrogens with one attached hydrogen (secondary N) is 2. The lowest BCUT2D eigenvalue weighted by molar-refractivity contribution is -0.142. The largest absolute Gasteiger partial charge is 0.486 e. The first kappa shape index (κ1) is 21.6. The van der Waals surface area contributed by atoms with Crippen LogP contribution in [0.3, 0.4) is 0 Å². The van der Waals surface area contributed by atoms with Crippen LogP contribution in [-0.2, 0) is 16.2 Å². The normalized spacial score (nSPS) is 15.1. The zero-order valence-electron chi connectivity index (χ0n) is 16.4. The van der Waals surface area contributed by atoms with Gasteiger partial charge in [-0.1, -0.05) is 12.1 Å². The maximum atomic E-state index is 14.3. The molecule has 1 aliphatic rings. The third-order valence-electron chi connectivity index (χ3n) is 4.66. The number of anilines is 1. The standard InChI is InChI=1S/C21H20FN5O4/c22-17-9-15(4-5-18(17)31-12-14-3-1-2-13(8-14)10-23)25-19(28)20(29)27-7-6-16(11-27)26-21(24)30/h1-5,8-9,16H,6-7,11-12H2,(H,25,28)(H3,24,26,30). The molecule has 0 aromatic heterocycles. The Hall–Kier alpha value is -4.13. The molecule has 0 aliphatic carbocycles. The topological polar surface area (TPSA) is 138 Å². The predicted molar refractivity (Wildman–Crippen MR) is 108 cm³/mol. The number of nitriles is 1. The number of hydrogen-bond acceptors (Lipinski definition) is 5. The number of nitrogens with two attached hydrogens (primary N) is 1. The molecule has 0 saturated carbocycles. The average Bonchev–Trinajstić information content (AvgIpc) is 3.20. The highest BCUT2D eigenvalue weighted by atomic mass is 19.1. The van der Waals surface area contributed by atoms with Gasteiger partial charge in [0.1, 0.15) is 6.61 Å². The van der Waals surface area contributed by atoms with Crippen LogP contribution in [0.4, 0.5) is 14.9 Å². The smallest absolute Gasteiger partial charge is 0.313 e.